The van der Waals surface area contributed by atoms with Crippen LogP contribution in [0, 0.1) is 0 Å². The molecule has 1 heterocycles. The first-order valence-corrected chi connectivity index (χ1v) is 6.76. The number of fused-ring (bicyclic) bond motifs is 1. The van der Waals surface area contributed by atoms with Crippen molar-refractivity contribution in [2.24, 2.45) is 0 Å². The van der Waals surface area contributed by atoms with E-state index in [1.54, 1.807) is 32.0 Å². The van der Waals surface area contributed by atoms with E-state index < -0.39 is 11.5 Å². The summed E-state index contributed by atoms with van der Waals surface area (Å²) in [6, 6.07) is 8.63. The molecule has 1 aromatic heterocycles. The molecule has 0 aliphatic rings. The monoisotopic (exact) mass is 306 g/mol. The van der Waals surface area contributed by atoms with Crippen LogP contribution < -0.4 is 5.32 Å². The summed E-state index contributed by atoms with van der Waals surface area (Å²) in [4.78, 5) is 27.4. The number of amides is 1. The summed E-state index contributed by atoms with van der Waals surface area (Å²) in [6.07, 6.45) is -0.171. The zero-order chi connectivity index (χ0) is 15.6. The van der Waals surface area contributed by atoms with Crippen LogP contribution in [0.2, 0.25) is 5.15 Å². The van der Waals surface area contributed by atoms with Gasteiger partial charge in [-0.2, -0.15) is 0 Å². The lowest BCUT2D eigenvalue weighted by Crippen LogP contribution is -2.45. The maximum Gasteiger partial charge on any atom is 0.305 e. The lowest BCUT2D eigenvalue weighted by Gasteiger charge is -2.24. The SMILES string of the molecule is CC(C)(CC(=O)O)NC(=O)c1cc(Cl)nc2ccccc12. The third-order valence-corrected chi connectivity index (χ3v) is 3.17. The largest absolute Gasteiger partial charge is 0.481 e. The number of halogens is 1. The predicted octanol–water partition coefficient (Wildman–Crippen LogP) is 2.87. The number of para-hydroxylation sites is 1. The second-order valence-electron chi connectivity index (χ2n) is 5.42. The van der Waals surface area contributed by atoms with Crippen molar-refractivity contribution in [2.75, 3.05) is 0 Å². The van der Waals surface area contributed by atoms with Crippen molar-refractivity contribution in [2.45, 2.75) is 25.8 Å². The van der Waals surface area contributed by atoms with Gasteiger partial charge in [-0.05, 0) is 26.0 Å². The van der Waals surface area contributed by atoms with E-state index in [1.165, 1.54) is 6.07 Å². The lowest BCUT2D eigenvalue weighted by atomic mass is 9.99. The first kappa shape index (κ1) is 15.3. The van der Waals surface area contributed by atoms with Crippen molar-refractivity contribution in [3.63, 3.8) is 0 Å². The number of carbonyl (C=O) groups excluding carboxylic acids is 1. The van der Waals surface area contributed by atoms with Crippen molar-refractivity contribution < 1.29 is 14.7 Å². The number of pyridine rings is 1. The van der Waals surface area contributed by atoms with Crippen LogP contribution in [-0.4, -0.2) is 27.5 Å². The number of hydrogen-bond donors (Lipinski definition) is 2. The van der Waals surface area contributed by atoms with Gasteiger partial charge in [0.2, 0.25) is 0 Å². The van der Waals surface area contributed by atoms with Crippen LogP contribution in [-0.2, 0) is 4.79 Å². The molecular weight excluding hydrogens is 292 g/mol. The van der Waals surface area contributed by atoms with Gasteiger partial charge in [0.1, 0.15) is 5.15 Å². The first-order valence-electron chi connectivity index (χ1n) is 6.38. The average Bonchev–Trinajstić information content (AvgIpc) is 2.35. The van der Waals surface area contributed by atoms with Crippen molar-refractivity contribution in [3.8, 4) is 0 Å². The summed E-state index contributed by atoms with van der Waals surface area (Å²) in [7, 11) is 0. The van der Waals surface area contributed by atoms with Crippen molar-refractivity contribution in [3.05, 3.63) is 41.0 Å². The molecule has 2 aromatic rings. The summed E-state index contributed by atoms with van der Waals surface area (Å²) in [6.45, 7) is 3.31. The zero-order valence-corrected chi connectivity index (χ0v) is 12.4. The Kier molecular flexibility index (Phi) is 4.14. The third kappa shape index (κ3) is 3.70. The highest BCUT2D eigenvalue weighted by molar-refractivity contribution is 6.30. The molecule has 21 heavy (non-hydrogen) atoms. The van der Waals surface area contributed by atoms with Gasteiger partial charge in [0.15, 0.2) is 0 Å². The Balaban J connectivity index is 2.38. The van der Waals surface area contributed by atoms with Crippen LogP contribution in [0.5, 0.6) is 0 Å². The smallest absolute Gasteiger partial charge is 0.305 e. The minimum Gasteiger partial charge on any atom is -0.481 e. The number of nitrogens with one attached hydrogen (secondary N) is 1. The molecule has 5 nitrogen and oxygen atoms in total. The maximum absolute atomic E-state index is 12.4. The summed E-state index contributed by atoms with van der Waals surface area (Å²) in [5, 5.41) is 12.5. The number of aromatic nitrogens is 1. The molecule has 6 heteroatoms. The van der Waals surface area contributed by atoms with Crippen molar-refractivity contribution in [1.29, 1.82) is 0 Å². The molecule has 0 unspecified atom stereocenters. The number of nitrogens with zero attached hydrogens (tertiary/aromatic N) is 1. The van der Waals surface area contributed by atoms with Crippen LogP contribution >= 0.6 is 11.6 Å². The van der Waals surface area contributed by atoms with Crippen LogP contribution in [0.25, 0.3) is 10.9 Å². The second kappa shape index (κ2) is 5.69. The van der Waals surface area contributed by atoms with E-state index in [4.69, 9.17) is 16.7 Å². The minimum absolute atomic E-state index is 0.171. The molecule has 0 bridgehead atoms. The molecule has 0 fully saturated rings. The highest BCUT2D eigenvalue weighted by Crippen LogP contribution is 2.21. The highest BCUT2D eigenvalue weighted by Gasteiger charge is 2.25. The molecule has 0 aliphatic heterocycles. The van der Waals surface area contributed by atoms with Crippen LogP contribution in [0.4, 0.5) is 0 Å². The van der Waals surface area contributed by atoms with Gasteiger partial charge in [0, 0.05) is 10.9 Å². The van der Waals surface area contributed by atoms with Crippen molar-refractivity contribution >= 4 is 34.4 Å². The average molecular weight is 307 g/mol. The lowest BCUT2D eigenvalue weighted by molar-refractivity contribution is -0.138. The maximum atomic E-state index is 12.4. The van der Waals surface area contributed by atoms with Gasteiger partial charge >= 0.3 is 5.97 Å². The number of carbonyl (C=O) groups is 2. The minimum atomic E-state index is -0.974. The van der Waals surface area contributed by atoms with E-state index >= 15 is 0 Å². The summed E-state index contributed by atoms with van der Waals surface area (Å²) < 4.78 is 0. The van der Waals surface area contributed by atoms with E-state index in [9.17, 15) is 9.59 Å². The fourth-order valence-corrected chi connectivity index (χ4v) is 2.33. The number of hydrogen-bond acceptors (Lipinski definition) is 3. The normalized spacial score (nSPS) is 11.4. The molecule has 0 saturated carbocycles. The van der Waals surface area contributed by atoms with E-state index in [0.29, 0.717) is 16.5 Å². The Morgan fingerprint density at radius 2 is 2.00 bits per heavy atom. The number of rotatable bonds is 4. The second-order valence-corrected chi connectivity index (χ2v) is 5.81. The summed E-state index contributed by atoms with van der Waals surface area (Å²) in [5.74, 6) is -1.35. The van der Waals surface area contributed by atoms with E-state index in [1.807, 2.05) is 6.07 Å². The molecule has 0 radical (unpaired) electrons. The van der Waals surface area contributed by atoms with E-state index in [2.05, 4.69) is 10.3 Å². The topological polar surface area (TPSA) is 79.3 Å². The fourth-order valence-electron chi connectivity index (χ4n) is 2.13. The third-order valence-electron chi connectivity index (χ3n) is 2.97. The predicted molar refractivity (Wildman–Crippen MR) is 80.6 cm³/mol. The van der Waals surface area contributed by atoms with Crippen LogP contribution in [0.3, 0.4) is 0 Å². The molecule has 0 aliphatic carbocycles. The molecule has 1 amide bonds. The van der Waals surface area contributed by atoms with Gasteiger partial charge in [0.25, 0.3) is 5.91 Å². The van der Waals surface area contributed by atoms with Crippen LogP contribution in [0.15, 0.2) is 30.3 Å². The number of benzene rings is 1. The van der Waals surface area contributed by atoms with Gasteiger partial charge in [-0.3, -0.25) is 9.59 Å². The molecule has 0 spiro atoms. The summed E-state index contributed by atoms with van der Waals surface area (Å²) in [5.41, 5.74) is 0.134. The first-order chi connectivity index (χ1) is 9.78. The van der Waals surface area contributed by atoms with Gasteiger partial charge in [-0.1, -0.05) is 29.8 Å². The fraction of sp³-hybridized carbons (Fsp3) is 0.267. The molecule has 2 rings (SSSR count). The Morgan fingerprint density at radius 3 is 2.67 bits per heavy atom. The number of aliphatic carboxylic acids is 1. The van der Waals surface area contributed by atoms with Gasteiger partial charge in [-0.25, -0.2) is 4.98 Å². The van der Waals surface area contributed by atoms with Gasteiger partial charge in [-0.15, -0.1) is 0 Å². The van der Waals surface area contributed by atoms with E-state index in [0.717, 1.165) is 0 Å². The molecule has 1 aromatic carbocycles. The molecule has 110 valence electrons. The Morgan fingerprint density at radius 1 is 1.33 bits per heavy atom. The Labute approximate surface area is 126 Å². The van der Waals surface area contributed by atoms with Gasteiger partial charge < -0.3 is 10.4 Å². The van der Waals surface area contributed by atoms with E-state index in [-0.39, 0.29) is 17.5 Å². The molecule has 0 saturated heterocycles. The molecule has 0 atom stereocenters. The summed E-state index contributed by atoms with van der Waals surface area (Å²) >= 11 is 5.94. The highest BCUT2D eigenvalue weighted by atomic mass is 35.5. The Bertz CT molecular complexity index is 713. The number of carboxylic acid groups (broad SMARTS) is 1. The van der Waals surface area contributed by atoms with Crippen LogP contribution in [0.1, 0.15) is 30.6 Å². The standard InChI is InChI=1S/C15H15ClN2O3/c1-15(2,8-13(19)20)18-14(21)10-7-12(16)17-11-6-4-3-5-9(10)11/h3-7H,8H2,1-2H3,(H,18,21)(H,19,20). The number of carboxylic acids is 1. The quantitative estimate of drug-likeness (QED) is 0.851. The molecule has 2 N–H and O–H groups in total. The van der Waals surface area contributed by atoms with Gasteiger partial charge in [0.05, 0.1) is 17.5 Å². The van der Waals surface area contributed by atoms with Crippen molar-refractivity contribution in [1.82, 2.24) is 10.3 Å². The molecular formula is C15H15ClN2O3. The Hall–Kier alpha value is -2.14. The zero-order valence-electron chi connectivity index (χ0n) is 11.7.